The van der Waals surface area contributed by atoms with Crippen molar-refractivity contribution >= 4 is 38.9 Å². The van der Waals surface area contributed by atoms with E-state index in [9.17, 15) is 9.59 Å². The highest BCUT2D eigenvalue weighted by Crippen LogP contribution is 2.34. The van der Waals surface area contributed by atoms with Crippen molar-refractivity contribution in [1.82, 2.24) is 9.88 Å². The van der Waals surface area contributed by atoms with E-state index in [4.69, 9.17) is 16.0 Å². The number of likely N-dealkylation sites (tertiary alicyclic amines) is 1. The van der Waals surface area contributed by atoms with E-state index in [0.717, 1.165) is 29.7 Å². The molecule has 0 aliphatic carbocycles. The van der Waals surface area contributed by atoms with E-state index in [2.05, 4.69) is 39.6 Å². The molecule has 1 aromatic carbocycles. The molecule has 2 aromatic rings. The van der Waals surface area contributed by atoms with Gasteiger partial charge in [0, 0.05) is 36.3 Å². The predicted octanol–water partition coefficient (Wildman–Crippen LogP) is 4.53. The number of carbonyl (C=O) groups excluding carboxylic acids is 2. The van der Waals surface area contributed by atoms with Crippen LogP contribution >= 0.6 is 11.6 Å². The largest absolute Gasteiger partial charge is 0.416 e. The number of rotatable bonds is 6. The lowest BCUT2D eigenvalue weighted by molar-refractivity contribution is -0.132. The van der Waals surface area contributed by atoms with Crippen molar-refractivity contribution in [2.75, 3.05) is 11.4 Å². The van der Waals surface area contributed by atoms with Crippen LogP contribution in [0.4, 0.5) is 5.69 Å². The van der Waals surface area contributed by atoms with Gasteiger partial charge in [-0.2, -0.15) is 0 Å². The van der Waals surface area contributed by atoms with Gasteiger partial charge in [-0.15, -0.1) is 0 Å². The Labute approximate surface area is 209 Å². The van der Waals surface area contributed by atoms with Crippen molar-refractivity contribution in [1.29, 1.82) is 0 Å². The first-order valence-electron chi connectivity index (χ1n) is 11.9. The highest BCUT2D eigenvalue weighted by atomic mass is 35.5. The fourth-order valence-electron chi connectivity index (χ4n) is 4.76. The molecule has 0 spiro atoms. The van der Waals surface area contributed by atoms with Crippen LogP contribution < -0.4 is 4.90 Å². The maximum atomic E-state index is 13.2. The van der Waals surface area contributed by atoms with E-state index in [1.165, 1.54) is 0 Å². The number of hydrogen-bond donors (Lipinski definition) is 0. The van der Waals surface area contributed by atoms with Gasteiger partial charge in [-0.25, -0.2) is 0 Å². The molecule has 0 bridgehead atoms. The maximum absolute atomic E-state index is 13.2. The Hall–Kier alpha value is -2.22. The molecule has 182 valence electrons. The fraction of sp³-hybridized carbons (Fsp3) is 0.500. The molecule has 0 unspecified atom stereocenters. The molecule has 1 saturated heterocycles. The van der Waals surface area contributed by atoms with Crippen molar-refractivity contribution in [2.24, 2.45) is 0 Å². The molecule has 1 fully saturated rings. The molecule has 8 heteroatoms. The molecule has 0 radical (unpaired) electrons. The molecule has 6 nitrogen and oxygen atoms in total. The molecule has 2 amide bonds. The van der Waals surface area contributed by atoms with Crippen LogP contribution in [0.15, 0.2) is 36.7 Å². The summed E-state index contributed by atoms with van der Waals surface area (Å²) in [6.07, 6.45) is 5.56. The number of fused-ring (bicyclic) bond motifs is 1. The smallest absolute Gasteiger partial charge is 0.258 e. The summed E-state index contributed by atoms with van der Waals surface area (Å²) in [7, 11) is -0.753. The predicted molar refractivity (Wildman–Crippen MR) is 138 cm³/mol. The van der Waals surface area contributed by atoms with Crippen molar-refractivity contribution in [3.8, 4) is 0 Å². The third-order valence-electron chi connectivity index (χ3n) is 6.60. The van der Waals surface area contributed by atoms with Gasteiger partial charge in [0.2, 0.25) is 5.91 Å². The van der Waals surface area contributed by atoms with Gasteiger partial charge in [-0.05, 0) is 67.1 Å². The molecule has 34 heavy (non-hydrogen) atoms. The van der Waals surface area contributed by atoms with Gasteiger partial charge >= 0.3 is 0 Å². The van der Waals surface area contributed by atoms with Crippen molar-refractivity contribution in [2.45, 2.75) is 77.1 Å². The van der Waals surface area contributed by atoms with Crippen molar-refractivity contribution in [3.05, 3.63) is 58.4 Å². The summed E-state index contributed by atoms with van der Waals surface area (Å²) < 4.78 is 6.44. The Kier molecular flexibility index (Phi) is 6.91. The Balaban J connectivity index is 1.52. The van der Waals surface area contributed by atoms with Crippen LogP contribution in [0.5, 0.6) is 0 Å². The van der Waals surface area contributed by atoms with Crippen LogP contribution in [0.25, 0.3) is 0 Å². The van der Waals surface area contributed by atoms with Gasteiger partial charge in [0.25, 0.3) is 5.91 Å². The Morgan fingerprint density at radius 2 is 1.88 bits per heavy atom. The molecule has 3 heterocycles. The minimum Gasteiger partial charge on any atom is -0.416 e. The minimum atomic E-state index is -0.753. The molecular formula is C26H34ClN3O3Si. The van der Waals surface area contributed by atoms with Gasteiger partial charge in [-0.1, -0.05) is 32.4 Å². The third kappa shape index (κ3) is 5.37. The number of pyridine rings is 1. The fourth-order valence-corrected chi connectivity index (χ4v) is 5.95. The molecule has 1 atom stereocenters. The number of hydrogen-bond acceptors (Lipinski definition) is 4. The van der Waals surface area contributed by atoms with E-state index in [-0.39, 0.29) is 22.9 Å². The van der Waals surface area contributed by atoms with Gasteiger partial charge in [0.15, 0.2) is 9.76 Å². The minimum absolute atomic E-state index is 0.0201. The number of carbonyl (C=O) groups is 2. The molecule has 2 aliphatic heterocycles. The molecule has 1 aromatic heterocycles. The van der Waals surface area contributed by atoms with Gasteiger partial charge in [-0.3, -0.25) is 14.6 Å². The molecule has 4 rings (SSSR count). The first-order chi connectivity index (χ1) is 15.9. The first-order valence-corrected chi connectivity index (χ1v) is 13.6. The number of nitrogens with zero attached hydrogens (tertiary/aromatic N) is 3. The van der Waals surface area contributed by atoms with E-state index >= 15 is 0 Å². The monoisotopic (exact) mass is 499 g/mol. The second kappa shape index (κ2) is 9.44. The second-order valence-electron chi connectivity index (χ2n) is 11.1. The number of benzene rings is 1. The van der Waals surface area contributed by atoms with Crippen LogP contribution in [-0.2, 0) is 22.2 Å². The SMILES string of the molecule is CC(C)(C)[SiH2]OC(C)(C)[C@@H]1CCC(=O)N1Cc1cncc(N2CCc3cc(Cl)ccc3C2=O)c1. The zero-order valence-electron chi connectivity index (χ0n) is 20.7. The second-order valence-corrected chi connectivity index (χ2v) is 14.2. The summed E-state index contributed by atoms with van der Waals surface area (Å²) in [6, 6.07) is 7.41. The number of anilines is 1. The van der Waals surface area contributed by atoms with E-state index in [0.29, 0.717) is 30.1 Å². The standard InChI is InChI=1S/C26H34ClN3O3Si/c1-25(2,3)34-33-26(4,5)22-8-9-23(31)30(22)16-17-12-20(15-28-14-17)29-11-10-18-13-19(27)6-7-21(18)24(29)32/h6-7,12-15,22H,8-11,16,34H2,1-5H3/t22-/m0/s1. The maximum Gasteiger partial charge on any atom is 0.258 e. The lowest BCUT2D eigenvalue weighted by Gasteiger charge is -2.39. The molecular weight excluding hydrogens is 466 g/mol. The van der Waals surface area contributed by atoms with Crippen LogP contribution in [0.1, 0.15) is 68.9 Å². The molecule has 2 aliphatic rings. The zero-order chi connectivity index (χ0) is 24.7. The van der Waals surface area contributed by atoms with Gasteiger partial charge in [0.05, 0.1) is 23.5 Å². The Morgan fingerprint density at radius 1 is 1.12 bits per heavy atom. The third-order valence-corrected chi connectivity index (χ3v) is 8.59. The quantitative estimate of drug-likeness (QED) is 0.548. The van der Waals surface area contributed by atoms with Gasteiger partial charge in [0.1, 0.15) is 0 Å². The molecule has 0 saturated carbocycles. The van der Waals surface area contributed by atoms with E-state index in [1.807, 2.05) is 17.0 Å². The van der Waals surface area contributed by atoms with E-state index < -0.39 is 15.4 Å². The summed E-state index contributed by atoms with van der Waals surface area (Å²) >= 11 is 6.10. The number of amides is 2. The number of halogens is 1. The summed E-state index contributed by atoms with van der Waals surface area (Å²) in [5, 5.41) is 0.832. The molecule has 0 N–H and O–H groups in total. The highest BCUT2D eigenvalue weighted by Gasteiger charge is 2.42. The Morgan fingerprint density at radius 3 is 2.62 bits per heavy atom. The van der Waals surface area contributed by atoms with E-state index in [1.54, 1.807) is 29.4 Å². The number of aromatic nitrogens is 1. The van der Waals surface area contributed by atoms with Crippen LogP contribution in [-0.4, -0.2) is 49.6 Å². The average molecular weight is 500 g/mol. The summed E-state index contributed by atoms with van der Waals surface area (Å²) in [5.74, 6) is 0.0954. The summed E-state index contributed by atoms with van der Waals surface area (Å²) in [4.78, 5) is 34.1. The van der Waals surface area contributed by atoms with Crippen molar-refractivity contribution in [3.63, 3.8) is 0 Å². The normalized spacial score (nSPS) is 19.4. The summed E-state index contributed by atoms with van der Waals surface area (Å²) in [6.45, 7) is 11.9. The van der Waals surface area contributed by atoms with Gasteiger partial charge < -0.3 is 14.2 Å². The highest BCUT2D eigenvalue weighted by molar-refractivity contribution is 6.32. The first kappa shape index (κ1) is 24.9. The summed E-state index contributed by atoms with van der Waals surface area (Å²) in [5.41, 5.74) is 2.92. The Bertz CT molecular complexity index is 1100. The topological polar surface area (TPSA) is 62.7 Å². The average Bonchev–Trinajstić information content (AvgIpc) is 3.13. The van der Waals surface area contributed by atoms with Crippen LogP contribution in [0.3, 0.4) is 0 Å². The lowest BCUT2D eigenvalue weighted by atomic mass is 9.96. The van der Waals surface area contributed by atoms with Crippen LogP contribution in [0.2, 0.25) is 10.1 Å². The zero-order valence-corrected chi connectivity index (χ0v) is 22.9. The van der Waals surface area contributed by atoms with Crippen LogP contribution in [0, 0.1) is 0 Å². The lowest BCUT2D eigenvalue weighted by Crippen LogP contribution is -2.49. The van der Waals surface area contributed by atoms with Crippen molar-refractivity contribution < 1.29 is 14.0 Å².